The minimum atomic E-state index is -0.591. The molecule has 0 bridgehead atoms. The molecule has 4 rings (SSSR count). The lowest BCUT2D eigenvalue weighted by atomic mass is 10.1. The lowest BCUT2D eigenvalue weighted by molar-refractivity contribution is -0.117. The summed E-state index contributed by atoms with van der Waals surface area (Å²) in [5.41, 5.74) is 4.17. The van der Waals surface area contributed by atoms with Crippen LogP contribution in [0.1, 0.15) is 21.5 Å². The molecule has 160 valence electrons. The summed E-state index contributed by atoms with van der Waals surface area (Å²) in [7, 11) is 0. The molecule has 0 atom stereocenters. The van der Waals surface area contributed by atoms with Crippen LogP contribution in [-0.2, 0) is 4.79 Å². The van der Waals surface area contributed by atoms with Gasteiger partial charge in [-0.3, -0.25) is 9.59 Å². The van der Waals surface area contributed by atoms with Crippen LogP contribution in [0.3, 0.4) is 0 Å². The number of amides is 2. The molecule has 3 aromatic rings. The first-order valence-corrected chi connectivity index (χ1v) is 10.0. The number of halogens is 1. The van der Waals surface area contributed by atoms with Gasteiger partial charge in [-0.25, -0.2) is 5.43 Å². The number of rotatable bonds is 6. The van der Waals surface area contributed by atoms with E-state index in [4.69, 9.17) is 21.1 Å². The molecular weight excluding hydrogens is 430 g/mol. The van der Waals surface area contributed by atoms with E-state index in [1.54, 1.807) is 48.5 Å². The van der Waals surface area contributed by atoms with E-state index in [9.17, 15) is 9.59 Å². The minimum Gasteiger partial charge on any atom is -0.454 e. The summed E-state index contributed by atoms with van der Waals surface area (Å²) in [6, 6.07) is 21.1. The molecule has 3 aromatic carbocycles. The van der Waals surface area contributed by atoms with Gasteiger partial charge < -0.3 is 14.8 Å². The number of hydrogen-bond donors (Lipinski definition) is 2. The molecule has 2 amide bonds. The Kier molecular flexibility index (Phi) is 6.48. The van der Waals surface area contributed by atoms with E-state index in [1.807, 2.05) is 30.3 Å². The van der Waals surface area contributed by atoms with Crippen LogP contribution in [0.25, 0.3) is 6.08 Å². The van der Waals surface area contributed by atoms with Crippen molar-refractivity contribution in [3.05, 3.63) is 100 Å². The van der Waals surface area contributed by atoms with E-state index >= 15 is 0 Å². The van der Waals surface area contributed by atoms with Gasteiger partial charge in [0, 0.05) is 17.2 Å². The van der Waals surface area contributed by atoms with Crippen LogP contribution in [0.15, 0.2) is 83.6 Å². The van der Waals surface area contributed by atoms with Crippen LogP contribution in [0.4, 0.5) is 0 Å². The Morgan fingerprint density at radius 1 is 0.938 bits per heavy atom. The molecule has 0 spiro atoms. The number of ether oxygens (including phenoxy) is 2. The Morgan fingerprint density at radius 2 is 1.59 bits per heavy atom. The SMILES string of the molecule is O=C(N/N=C/c1cc2c(cc1Cl)OCO2)/C(=C/c1ccccc1)NC(=O)c1ccccc1. The molecule has 2 N–H and O–H groups in total. The van der Waals surface area contributed by atoms with E-state index in [2.05, 4.69) is 15.8 Å². The van der Waals surface area contributed by atoms with Gasteiger partial charge in [-0.2, -0.15) is 5.10 Å². The Bertz CT molecular complexity index is 1190. The molecule has 0 aromatic heterocycles. The van der Waals surface area contributed by atoms with E-state index < -0.39 is 11.8 Å². The van der Waals surface area contributed by atoms with Crippen molar-refractivity contribution >= 4 is 35.7 Å². The van der Waals surface area contributed by atoms with Crippen molar-refractivity contribution in [2.45, 2.75) is 0 Å². The van der Waals surface area contributed by atoms with Gasteiger partial charge in [-0.1, -0.05) is 60.1 Å². The van der Waals surface area contributed by atoms with Gasteiger partial charge in [-0.15, -0.1) is 0 Å². The highest BCUT2D eigenvalue weighted by molar-refractivity contribution is 6.33. The number of fused-ring (bicyclic) bond motifs is 1. The molecule has 0 saturated carbocycles. The second kappa shape index (κ2) is 9.80. The smallest absolute Gasteiger partial charge is 0.287 e. The second-order valence-corrected chi connectivity index (χ2v) is 7.12. The first-order valence-electron chi connectivity index (χ1n) is 9.66. The number of carbonyl (C=O) groups is 2. The summed E-state index contributed by atoms with van der Waals surface area (Å²) in [4.78, 5) is 25.4. The highest BCUT2D eigenvalue weighted by atomic mass is 35.5. The third-order valence-electron chi connectivity index (χ3n) is 4.50. The minimum absolute atomic E-state index is 0.0407. The van der Waals surface area contributed by atoms with Gasteiger partial charge in [0.2, 0.25) is 6.79 Å². The fraction of sp³-hybridized carbons (Fsp3) is 0.0417. The quantitative estimate of drug-likeness (QED) is 0.339. The highest BCUT2D eigenvalue weighted by Gasteiger charge is 2.17. The zero-order valence-electron chi connectivity index (χ0n) is 16.7. The van der Waals surface area contributed by atoms with Gasteiger partial charge in [0.1, 0.15) is 5.70 Å². The average molecular weight is 448 g/mol. The number of hydrogen-bond acceptors (Lipinski definition) is 5. The van der Waals surface area contributed by atoms with Crippen LogP contribution in [0, 0.1) is 0 Å². The Balaban J connectivity index is 1.52. The van der Waals surface area contributed by atoms with Crippen molar-refractivity contribution in [1.29, 1.82) is 0 Å². The van der Waals surface area contributed by atoms with Gasteiger partial charge in [0.05, 0.1) is 11.2 Å². The topological polar surface area (TPSA) is 89.0 Å². The molecule has 7 nitrogen and oxygen atoms in total. The molecule has 0 saturated heterocycles. The second-order valence-electron chi connectivity index (χ2n) is 6.71. The van der Waals surface area contributed by atoms with Crippen LogP contribution in [0.2, 0.25) is 5.02 Å². The summed E-state index contributed by atoms with van der Waals surface area (Å²) < 4.78 is 10.6. The van der Waals surface area contributed by atoms with Crippen molar-refractivity contribution in [2.24, 2.45) is 5.10 Å². The first kappa shape index (κ1) is 21.1. The predicted molar refractivity (Wildman–Crippen MR) is 122 cm³/mol. The molecule has 0 aliphatic carbocycles. The Hall–Kier alpha value is -4.10. The lowest BCUT2D eigenvalue weighted by Crippen LogP contribution is -2.32. The van der Waals surface area contributed by atoms with E-state index in [0.29, 0.717) is 27.6 Å². The number of hydrazone groups is 1. The summed E-state index contributed by atoms with van der Waals surface area (Å²) in [5, 5.41) is 7.02. The predicted octanol–water partition coefficient (Wildman–Crippen LogP) is 3.99. The molecule has 1 aliphatic rings. The van der Waals surface area contributed by atoms with E-state index in [0.717, 1.165) is 5.56 Å². The summed E-state index contributed by atoms with van der Waals surface area (Å²) in [6.45, 7) is 0.123. The highest BCUT2D eigenvalue weighted by Crippen LogP contribution is 2.36. The van der Waals surface area contributed by atoms with Gasteiger partial charge >= 0.3 is 0 Å². The van der Waals surface area contributed by atoms with E-state index in [1.165, 1.54) is 6.21 Å². The third-order valence-corrected chi connectivity index (χ3v) is 4.83. The Labute approximate surface area is 189 Å². The molecule has 0 radical (unpaired) electrons. The monoisotopic (exact) mass is 447 g/mol. The van der Waals surface area contributed by atoms with Crippen LogP contribution < -0.4 is 20.2 Å². The van der Waals surface area contributed by atoms with Gasteiger partial charge in [0.15, 0.2) is 11.5 Å². The molecule has 1 heterocycles. The third kappa shape index (κ3) is 5.14. The van der Waals surface area contributed by atoms with E-state index in [-0.39, 0.29) is 12.5 Å². The first-order chi connectivity index (χ1) is 15.6. The largest absolute Gasteiger partial charge is 0.454 e. The molecule has 8 heteroatoms. The van der Waals surface area contributed by atoms with Crippen LogP contribution in [0.5, 0.6) is 11.5 Å². The van der Waals surface area contributed by atoms with Crippen molar-refractivity contribution in [3.63, 3.8) is 0 Å². The molecule has 32 heavy (non-hydrogen) atoms. The molecule has 0 unspecified atom stereocenters. The van der Waals surface area contributed by atoms with Crippen molar-refractivity contribution in [1.82, 2.24) is 10.7 Å². The normalized spacial score (nSPS) is 12.6. The van der Waals surface area contributed by atoms with Gasteiger partial charge in [-0.05, 0) is 29.8 Å². The lowest BCUT2D eigenvalue weighted by Gasteiger charge is -2.09. The average Bonchev–Trinajstić information content (AvgIpc) is 3.27. The number of nitrogens with one attached hydrogen (secondary N) is 2. The fourth-order valence-corrected chi connectivity index (χ4v) is 3.11. The van der Waals surface area contributed by atoms with Crippen molar-refractivity contribution in [3.8, 4) is 11.5 Å². The maximum Gasteiger partial charge on any atom is 0.287 e. The number of nitrogens with zero attached hydrogens (tertiary/aromatic N) is 1. The molecule has 0 fully saturated rings. The summed E-state index contributed by atoms with van der Waals surface area (Å²) >= 11 is 6.22. The maximum absolute atomic E-state index is 12.8. The van der Waals surface area contributed by atoms with Crippen LogP contribution >= 0.6 is 11.6 Å². The fourth-order valence-electron chi connectivity index (χ4n) is 2.91. The zero-order valence-corrected chi connectivity index (χ0v) is 17.5. The molecular formula is C24H18ClN3O4. The van der Waals surface area contributed by atoms with Crippen LogP contribution in [-0.4, -0.2) is 24.8 Å². The Morgan fingerprint density at radius 3 is 2.31 bits per heavy atom. The maximum atomic E-state index is 12.8. The standard InChI is InChI=1S/C24H18ClN3O4/c25-19-13-22-21(31-15-32-22)12-18(19)14-26-28-24(30)20(11-16-7-3-1-4-8-16)27-23(29)17-9-5-2-6-10-17/h1-14H,15H2,(H,27,29)(H,28,30)/b20-11-,26-14+. The number of benzene rings is 3. The van der Waals surface area contributed by atoms with Gasteiger partial charge in [0.25, 0.3) is 11.8 Å². The summed E-state index contributed by atoms with van der Waals surface area (Å²) in [5.74, 6) is 0.0897. The molecule has 1 aliphatic heterocycles. The number of carbonyl (C=O) groups excluding carboxylic acids is 2. The van der Waals surface area contributed by atoms with Crippen molar-refractivity contribution < 1.29 is 19.1 Å². The zero-order chi connectivity index (χ0) is 22.3. The van der Waals surface area contributed by atoms with Crippen molar-refractivity contribution in [2.75, 3.05) is 6.79 Å². The summed E-state index contributed by atoms with van der Waals surface area (Å²) in [6.07, 6.45) is 2.96.